The van der Waals surface area contributed by atoms with Crippen molar-refractivity contribution in [3.05, 3.63) is 29.6 Å². The van der Waals surface area contributed by atoms with Gasteiger partial charge < -0.3 is 14.7 Å². The van der Waals surface area contributed by atoms with Crippen molar-refractivity contribution in [2.75, 3.05) is 6.54 Å². The number of benzene rings is 1. The number of carbonyl (C=O) groups excluding carboxylic acids is 1. The number of halogens is 1. The second kappa shape index (κ2) is 4.77. The van der Waals surface area contributed by atoms with E-state index in [9.17, 15) is 14.0 Å². The summed E-state index contributed by atoms with van der Waals surface area (Å²) in [4.78, 5) is 24.2. The molecule has 1 fully saturated rings. The zero-order chi connectivity index (χ0) is 14.3. The summed E-state index contributed by atoms with van der Waals surface area (Å²) in [5, 5.41) is 9.10. The predicted octanol–water partition coefficient (Wildman–Crippen LogP) is 1.20. The first kappa shape index (κ1) is 12.9. The fraction of sp³-hybridized carbons (Fsp3) is 0.429. The van der Waals surface area contributed by atoms with Crippen LogP contribution < -0.4 is 4.74 Å². The molecule has 0 saturated carbocycles. The molecule has 0 aliphatic carbocycles. The third kappa shape index (κ3) is 2.21. The van der Waals surface area contributed by atoms with Crippen molar-refractivity contribution in [2.24, 2.45) is 0 Å². The number of carboxylic acid groups (broad SMARTS) is 1. The Morgan fingerprint density at radius 1 is 1.50 bits per heavy atom. The highest BCUT2D eigenvalue weighted by Gasteiger charge is 2.38. The van der Waals surface area contributed by atoms with Gasteiger partial charge in [0.1, 0.15) is 23.7 Å². The molecule has 1 N–H and O–H groups in total. The van der Waals surface area contributed by atoms with Crippen LogP contribution in [-0.4, -0.2) is 40.6 Å². The van der Waals surface area contributed by atoms with Crippen molar-refractivity contribution < 1.29 is 23.8 Å². The van der Waals surface area contributed by atoms with Gasteiger partial charge in [-0.1, -0.05) is 0 Å². The molecule has 2 unspecified atom stereocenters. The molecule has 2 atom stereocenters. The smallest absolute Gasteiger partial charge is 0.326 e. The zero-order valence-electron chi connectivity index (χ0n) is 10.7. The number of nitrogens with zero attached hydrogens (tertiary/aromatic N) is 1. The van der Waals surface area contributed by atoms with Crippen LogP contribution in [0.3, 0.4) is 0 Å². The minimum absolute atomic E-state index is 0.164. The van der Waals surface area contributed by atoms with Gasteiger partial charge in [-0.05, 0) is 24.6 Å². The second-order valence-corrected chi connectivity index (χ2v) is 5.13. The van der Waals surface area contributed by atoms with E-state index in [1.165, 1.54) is 17.0 Å². The summed E-state index contributed by atoms with van der Waals surface area (Å²) in [5.41, 5.74) is 0.758. The van der Waals surface area contributed by atoms with Gasteiger partial charge in [0, 0.05) is 18.4 Å². The molecular formula is C14H14FNO4. The van der Waals surface area contributed by atoms with Crippen LogP contribution in [0.2, 0.25) is 0 Å². The van der Waals surface area contributed by atoms with Gasteiger partial charge in [0.2, 0.25) is 5.91 Å². The third-order valence-corrected chi connectivity index (χ3v) is 3.78. The van der Waals surface area contributed by atoms with E-state index in [2.05, 4.69) is 0 Å². The first-order chi connectivity index (χ1) is 9.54. The highest BCUT2D eigenvalue weighted by molar-refractivity contribution is 5.87. The van der Waals surface area contributed by atoms with Crippen molar-refractivity contribution in [1.29, 1.82) is 0 Å². The Kier molecular flexibility index (Phi) is 3.08. The fourth-order valence-electron chi connectivity index (χ4n) is 2.83. The van der Waals surface area contributed by atoms with E-state index in [4.69, 9.17) is 9.84 Å². The van der Waals surface area contributed by atoms with E-state index in [0.717, 1.165) is 5.56 Å². The Balaban J connectivity index is 1.71. The number of ether oxygens (including phenoxy) is 1. The minimum Gasteiger partial charge on any atom is -0.488 e. The van der Waals surface area contributed by atoms with Crippen molar-refractivity contribution in [2.45, 2.75) is 31.4 Å². The number of likely N-dealkylation sites (tertiary alicyclic amines) is 1. The summed E-state index contributed by atoms with van der Waals surface area (Å²) in [5.74, 6) is -0.871. The third-order valence-electron chi connectivity index (χ3n) is 3.78. The van der Waals surface area contributed by atoms with Gasteiger partial charge in [0.25, 0.3) is 0 Å². The van der Waals surface area contributed by atoms with Crippen LogP contribution in [0.1, 0.15) is 18.4 Å². The molecule has 1 saturated heterocycles. The van der Waals surface area contributed by atoms with Gasteiger partial charge in [-0.15, -0.1) is 0 Å². The lowest BCUT2D eigenvalue weighted by Crippen LogP contribution is -2.44. The molecule has 0 spiro atoms. The van der Waals surface area contributed by atoms with Crippen LogP contribution in [0.15, 0.2) is 18.2 Å². The van der Waals surface area contributed by atoms with Crippen LogP contribution in [0, 0.1) is 5.82 Å². The molecule has 2 heterocycles. The van der Waals surface area contributed by atoms with Gasteiger partial charge in [-0.25, -0.2) is 9.18 Å². The van der Waals surface area contributed by atoms with E-state index in [1.54, 1.807) is 6.07 Å². The molecule has 106 valence electrons. The average Bonchev–Trinajstić information content (AvgIpc) is 2.93. The number of aliphatic carboxylic acids is 1. The summed E-state index contributed by atoms with van der Waals surface area (Å²) in [6.45, 7) is 0.228. The summed E-state index contributed by atoms with van der Waals surface area (Å²) in [6.07, 6.45) is 0.771. The van der Waals surface area contributed by atoms with Crippen molar-refractivity contribution >= 4 is 11.9 Å². The van der Waals surface area contributed by atoms with Gasteiger partial charge in [0.05, 0.1) is 6.54 Å². The lowest BCUT2D eigenvalue weighted by atomic mass is 10.1. The zero-order valence-corrected chi connectivity index (χ0v) is 10.7. The van der Waals surface area contributed by atoms with Crippen molar-refractivity contribution in [3.8, 4) is 5.75 Å². The summed E-state index contributed by atoms with van der Waals surface area (Å²) < 4.78 is 18.8. The van der Waals surface area contributed by atoms with Gasteiger partial charge in [-0.2, -0.15) is 0 Å². The predicted molar refractivity (Wildman–Crippen MR) is 66.9 cm³/mol. The molecule has 0 aromatic heterocycles. The number of rotatable bonds is 3. The molecule has 20 heavy (non-hydrogen) atoms. The molecule has 5 nitrogen and oxygen atoms in total. The monoisotopic (exact) mass is 279 g/mol. The maximum absolute atomic E-state index is 13.1. The van der Waals surface area contributed by atoms with E-state index >= 15 is 0 Å². The molecule has 3 rings (SSSR count). The van der Waals surface area contributed by atoms with Gasteiger partial charge in [-0.3, -0.25) is 4.79 Å². The number of amides is 1. The topological polar surface area (TPSA) is 66.8 Å². The van der Waals surface area contributed by atoms with Crippen LogP contribution in [0.25, 0.3) is 0 Å². The molecule has 0 bridgehead atoms. The fourth-order valence-corrected chi connectivity index (χ4v) is 2.83. The van der Waals surface area contributed by atoms with E-state index in [-0.39, 0.29) is 30.8 Å². The normalized spacial score (nSPS) is 24.6. The summed E-state index contributed by atoms with van der Waals surface area (Å²) >= 11 is 0. The molecule has 0 radical (unpaired) electrons. The molecule has 1 amide bonds. The number of fused-ring (bicyclic) bond motifs is 1. The number of carboxylic acids is 1. The Bertz CT molecular complexity index is 574. The number of hydrogen-bond donors (Lipinski definition) is 1. The number of hydrogen-bond acceptors (Lipinski definition) is 3. The molecule has 2 aliphatic rings. The van der Waals surface area contributed by atoms with Crippen LogP contribution in [0.4, 0.5) is 4.39 Å². The molecule has 6 heteroatoms. The standard InChI is InChI=1S/C14H14FNO4/c15-9-1-3-12-8(5-9)6-10(20-12)7-16-11(14(18)19)2-4-13(16)17/h1,3,5,10-11H,2,4,6-7H2,(H,18,19). The molecule has 1 aromatic rings. The quantitative estimate of drug-likeness (QED) is 0.903. The van der Waals surface area contributed by atoms with Gasteiger partial charge >= 0.3 is 5.97 Å². The van der Waals surface area contributed by atoms with Gasteiger partial charge in [0.15, 0.2) is 0 Å². The van der Waals surface area contributed by atoms with E-state index in [1.807, 2.05) is 0 Å². The molecule has 1 aromatic carbocycles. The van der Waals surface area contributed by atoms with Crippen LogP contribution in [0.5, 0.6) is 5.75 Å². The lowest BCUT2D eigenvalue weighted by Gasteiger charge is -2.24. The maximum Gasteiger partial charge on any atom is 0.326 e. The summed E-state index contributed by atoms with van der Waals surface area (Å²) in [7, 11) is 0. The SMILES string of the molecule is O=C(O)C1CCC(=O)N1CC1Cc2cc(F)ccc2O1. The molecule has 2 aliphatic heterocycles. The van der Waals surface area contributed by atoms with Crippen LogP contribution >= 0.6 is 0 Å². The highest BCUT2D eigenvalue weighted by atomic mass is 19.1. The molecular weight excluding hydrogens is 265 g/mol. The second-order valence-electron chi connectivity index (χ2n) is 5.13. The van der Waals surface area contributed by atoms with E-state index < -0.39 is 12.0 Å². The Morgan fingerprint density at radius 2 is 2.30 bits per heavy atom. The highest BCUT2D eigenvalue weighted by Crippen LogP contribution is 2.31. The van der Waals surface area contributed by atoms with E-state index in [0.29, 0.717) is 18.6 Å². The first-order valence-electron chi connectivity index (χ1n) is 6.52. The van der Waals surface area contributed by atoms with Crippen LogP contribution in [-0.2, 0) is 16.0 Å². The average molecular weight is 279 g/mol. The lowest BCUT2D eigenvalue weighted by molar-refractivity contribution is -0.146. The van der Waals surface area contributed by atoms with Crippen molar-refractivity contribution in [3.63, 3.8) is 0 Å². The Labute approximate surface area is 114 Å². The Morgan fingerprint density at radius 3 is 3.05 bits per heavy atom. The number of carbonyl (C=O) groups is 2. The largest absolute Gasteiger partial charge is 0.488 e. The first-order valence-corrected chi connectivity index (χ1v) is 6.52. The maximum atomic E-state index is 13.1. The summed E-state index contributed by atoms with van der Waals surface area (Å²) in [6, 6.07) is 3.52. The Hall–Kier alpha value is -2.11. The van der Waals surface area contributed by atoms with Crippen molar-refractivity contribution in [1.82, 2.24) is 4.90 Å². The minimum atomic E-state index is -0.989.